The van der Waals surface area contributed by atoms with Gasteiger partial charge in [0.15, 0.2) is 0 Å². The first-order valence-electron chi connectivity index (χ1n) is 5.23. The van der Waals surface area contributed by atoms with Gasteiger partial charge in [0.1, 0.15) is 11.5 Å². The van der Waals surface area contributed by atoms with Crippen molar-refractivity contribution in [3.63, 3.8) is 0 Å². The maximum atomic E-state index is 10.00. The van der Waals surface area contributed by atoms with E-state index in [0.717, 1.165) is 30.9 Å². The Labute approximate surface area is 103 Å². The number of methoxy groups -OCH3 is 1. The molecule has 0 bridgehead atoms. The summed E-state index contributed by atoms with van der Waals surface area (Å²) in [4.78, 5) is 0. The van der Waals surface area contributed by atoms with Gasteiger partial charge in [0.05, 0.1) is 11.6 Å². The SMILES string of the molecule is COc1cc(Br)c(O)c([C@@H]2CNCCN2)c1. The predicted octanol–water partition coefficient (Wildman–Crippen LogP) is 1.40. The number of piperazine rings is 1. The highest BCUT2D eigenvalue weighted by Crippen LogP contribution is 2.36. The third kappa shape index (κ3) is 2.31. The summed E-state index contributed by atoms with van der Waals surface area (Å²) >= 11 is 3.33. The van der Waals surface area contributed by atoms with Gasteiger partial charge in [0, 0.05) is 31.2 Å². The van der Waals surface area contributed by atoms with E-state index in [-0.39, 0.29) is 11.8 Å². The Kier molecular flexibility index (Phi) is 3.68. The number of phenols is 1. The van der Waals surface area contributed by atoms with Gasteiger partial charge in [-0.3, -0.25) is 0 Å². The molecular weight excluding hydrogens is 272 g/mol. The van der Waals surface area contributed by atoms with Crippen molar-refractivity contribution in [2.75, 3.05) is 26.7 Å². The maximum absolute atomic E-state index is 10.00. The van der Waals surface area contributed by atoms with Crippen molar-refractivity contribution >= 4 is 15.9 Å². The van der Waals surface area contributed by atoms with E-state index in [2.05, 4.69) is 26.6 Å². The number of halogens is 1. The van der Waals surface area contributed by atoms with Gasteiger partial charge in [-0.05, 0) is 28.1 Å². The lowest BCUT2D eigenvalue weighted by Crippen LogP contribution is -2.42. The Bertz CT molecular complexity index is 378. The minimum Gasteiger partial charge on any atom is -0.506 e. The third-order valence-corrected chi connectivity index (χ3v) is 3.32. The Morgan fingerprint density at radius 3 is 2.88 bits per heavy atom. The Hall–Kier alpha value is -0.780. The summed E-state index contributed by atoms with van der Waals surface area (Å²) in [6.45, 7) is 2.68. The van der Waals surface area contributed by atoms with Crippen LogP contribution >= 0.6 is 15.9 Å². The zero-order chi connectivity index (χ0) is 11.5. The minimum absolute atomic E-state index is 0.125. The number of rotatable bonds is 2. The van der Waals surface area contributed by atoms with E-state index < -0.39 is 0 Å². The van der Waals surface area contributed by atoms with Crippen LogP contribution in [0.3, 0.4) is 0 Å². The molecule has 1 aromatic rings. The van der Waals surface area contributed by atoms with Crippen LogP contribution in [-0.4, -0.2) is 31.9 Å². The van der Waals surface area contributed by atoms with Crippen molar-refractivity contribution < 1.29 is 9.84 Å². The second-order valence-corrected chi connectivity index (χ2v) is 4.61. The molecule has 1 aliphatic rings. The normalized spacial score (nSPS) is 20.8. The molecule has 3 N–H and O–H groups in total. The summed E-state index contributed by atoms with van der Waals surface area (Å²) in [7, 11) is 1.62. The molecule has 2 rings (SSSR count). The molecule has 1 heterocycles. The van der Waals surface area contributed by atoms with Crippen LogP contribution in [0.5, 0.6) is 11.5 Å². The molecule has 0 saturated carbocycles. The summed E-state index contributed by atoms with van der Waals surface area (Å²) in [5.74, 6) is 1.02. The second-order valence-electron chi connectivity index (χ2n) is 3.76. The molecule has 1 aliphatic heterocycles. The van der Waals surface area contributed by atoms with Crippen molar-refractivity contribution in [3.8, 4) is 11.5 Å². The minimum atomic E-state index is 0.125. The second kappa shape index (κ2) is 5.03. The predicted molar refractivity (Wildman–Crippen MR) is 66.0 cm³/mol. The van der Waals surface area contributed by atoms with Gasteiger partial charge < -0.3 is 20.5 Å². The van der Waals surface area contributed by atoms with Crippen LogP contribution in [0.4, 0.5) is 0 Å². The van der Waals surface area contributed by atoms with Crippen molar-refractivity contribution in [3.05, 3.63) is 22.2 Å². The van der Waals surface area contributed by atoms with Crippen molar-refractivity contribution in [1.82, 2.24) is 10.6 Å². The molecule has 1 fully saturated rings. The molecule has 0 amide bonds. The van der Waals surface area contributed by atoms with Crippen LogP contribution in [-0.2, 0) is 0 Å². The lowest BCUT2D eigenvalue weighted by Gasteiger charge is -2.26. The van der Waals surface area contributed by atoms with Crippen molar-refractivity contribution in [2.24, 2.45) is 0 Å². The van der Waals surface area contributed by atoms with Gasteiger partial charge in [-0.2, -0.15) is 0 Å². The van der Waals surface area contributed by atoms with Gasteiger partial charge in [-0.25, -0.2) is 0 Å². The van der Waals surface area contributed by atoms with Gasteiger partial charge in [-0.15, -0.1) is 0 Å². The number of benzene rings is 1. The monoisotopic (exact) mass is 286 g/mol. The first-order chi connectivity index (χ1) is 7.72. The first kappa shape index (κ1) is 11.7. The molecule has 1 atom stereocenters. The number of ether oxygens (including phenoxy) is 1. The Morgan fingerprint density at radius 1 is 1.44 bits per heavy atom. The maximum Gasteiger partial charge on any atom is 0.134 e. The fourth-order valence-corrected chi connectivity index (χ4v) is 2.31. The molecule has 88 valence electrons. The van der Waals surface area contributed by atoms with E-state index >= 15 is 0 Å². The molecule has 0 radical (unpaired) electrons. The topological polar surface area (TPSA) is 53.5 Å². The van der Waals surface area contributed by atoms with Crippen LogP contribution < -0.4 is 15.4 Å². The molecule has 16 heavy (non-hydrogen) atoms. The molecule has 0 spiro atoms. The lowest BCUT2D eigenvalue weighted by atomic mass is 10.0. The number of hydrogen-bond acceptors (Lipinski definition) is 4. The van der Waals surface area contributed by atoms with Crippen molar-refractivity contribution in [2.45, 2.75) is 6.04 Å². The van der Waals surface area contributed by atoms with Gasteiger partial charge in [0.25, 0.3) is 0 Å². The van der Waals surface area contributed by atoms with E-state index in [1.165, 1.54) is 0 Å². The Morgan fingerprint density at radius 2 is 2.25 bits per heavy atom. The highest BCUT2D eigenvalue weighted by Gasteiger charge is 2.20. The van der Waals surface area contributed by atoms with E-state index in [1.807, 2.05) is 6.07 Å². The number of hydrogen-bond donors (Lipinski definition) is 3. The fraction of sp³-hybridized carbons (Fsp3) is 0.455. The number of aromatic hydroxyl groups is 1. The molecule has 4 nitrogen and oxygen atoms in total. The Balaban J connectivity index is 2.33. The molecule has 5 heteroatoms. The number of phenolic OH excluding ortho intramolecular Hbond substituents is 1. The smallest absolute Gasteiger partial charge is 0.134 e. The third-order valence-electron chi connectivity index (χ3n) is 2.72. The lowest BCUT2D eigenvalue weighted by molar-refractivity contribution is 0.390. The zero-order valence-electron chi connectivity index (χ0n) is 9.09. The highest BCUT2D eigenvalue weighted by atomic mass is 79.9. The summed E-state index contributed by atoms with van der Waals surface area (Å²) in [5, 5.41) is 16.6. The summed E-state index contributed by atoms with van der Waals surface area (Å²) in [6.07, 6.45) is 0. The van der Waals surface area contributed by atoms with E-state index in [0.29, 0.717) is 4.47 Å². The van der Waals surface area contributed by atoms with Crippen LogP contribution in [0.2, 0.25) is 0 Å². The van der Waals surface area contributed by atoms with Crippen LogP contribution in [0.15, 0.2) is 16.6 Å². The molecular formula is C11H15BrN2O2. The van der Waals surface area contributed by atoms with Gasteiger partial charge >= 0.3 is 0 Å². The summed E-state index contributed by atoms with van der Waals surface area (Å²) in [5.41, 5.74) is 0.860. The highest BCUT2D eigenvalue weighted by molar-refractivity contribution is 9.10. The van der Waals surface area contributed by atoms with Crippen LogP contribution in [0, 0.1) is 0 Å². The van der Waals surface area contributed by atoms with Crippen molar-refractivity contribution in [1.29, 1.82) is 0 Å². The van der Waals surface area contributed by atoms with E-state index in [9.17, 15) is 5.11 Å². The van der Waals surface area contributed by atoms with Gasteiger partial charge in [0.2, 0.25) is 0 Å². The first-order valence-corrected chi connectivity index (χ1v) is 6.02. The van der Waals surface area contributed by atoms with E-state index in [4.69, 9.17) is 4.74 Å². The molecule has 1 aromatic carbocycles. The summed E-state index contributed by atoms with van der Waals surface area (Å²) in [6, 6.07) is 3.75. The molecule has 1 saturated heterocycles. The quantitative estimate of drug-likeness (QED) is 0.769. The van der Waals surface area contributed by atoms with E-state index in [1.54, 1.807) is 13.2 Å². The van der Waals surface area contributed by atoms with Crippen LogP contribution in [0.25, 0.3) is 0 Å². The standard InChI is InChI=1S/C11H15BrN2O2/c1-16-7-4-8(11(15)9(12)5-7)10-6-13-2-3-14-10/h4-5,10,13-15H,2-3,6H2,1H3/t10-/m0/s1. The summed E-state index contributed by atoms with van der Waals surface area (Å²) < 4.78 is 5.85. The zero-order valence-corrected chi connectivity index (χ0v) is 10.7. The molecule has 0 aromatic heterocycles. The number of nitrogens with one attached hydrogen (secondary N) is 2. The largest absolute Gasteiger partial charge is 0.506 e. The molecule has 0 aliphatic carbocycles. The molecule has 0 unspecified atom stereocenters. The van der Waals surface area contributed by atoms with Gasteiger partial charge in [-0.1, -0.05) is 0 Å². The average molecular weight is 287 g/mol. The average Bonchev–Trinajstić information content (AvgIpc) is 2.33. The van der Waals surface area contributed by atoms with Crippen LogP contribution in [0.1, 0.15) is 11.6 Å². The fourth-order valence-electron chi connectivity index (χ4n) is 1.85.